The number of benzene rings is 1. The monoisotopic (exact) mass is 411 g/mol. The lowest BCUT2D eigenvalue weighted by Gasteiger charge is -2.44. The van der Waals surface area contributed by atoms with Crippen molar-refractivity contribution in [2.24, 2.45) is 17.8 Å². The van der Waals surface area contributed by atoms with Crippen molar-refractivity contribution in [2.75, 3.05) is 0 Å². The van der Waals surface area contributed by atoms with E-state index in [9.17, 15) is 9.59 Å². The summed E-state index contributed by atoms with van der Waals surface area (Å²) in [4.78, 5) is 26.8. The first-order valence-electron chi connectivity index (χ1n) is 11.4. The molecule has 30 heavy (non-hydrogen) atoms. The first kappa shape index (κ1) is 22.6. The molecular formula is C26H37NO3. The van der Waals surface area contributed by atoms with Gasteiger partial charge in [0, 0.05) is 24.6 Å². The number of amides is 1. The summed E-state index contributed by atoms with van der Waals surface area (Å²) < 4.78 is 6.19. The highest BCUT2D eigenvalue weighted by Crippen LogP contribution is 2.44. The zero-order valence-electron chi connectivity index (χ0n) is 19.1. The summed E-state index contributed by atoms with van der Waals surface area (Å²) in [6.45, 7) is 11.0. The van der Waals surface area contributed by atoms with Crippen molar-refractivity contribution in [1.82, 2.24) is 4.90 Å². The van der Waals surface area contributed by atoms with Gasteiger partial charge in [-0.05, 0) is 48.2 Å². The van der Waals surface area contributed by atoms with Crippen molar-refractivity contribution >= 4 is 11.9 Å². The minimum Gasteiger partial charge on any atom is -0.446 e. The van der Waals surface area contributed by atoms with E-state index in [0.29, 0.717) is 18.3 Å². The molecule has 1 aromatic rings. The number of carbonyl (C=O) groups is 2. The standard InChI is InChI=1S/C26H37NO3/c1-18(2)15-21-17-22(28)13-14-27(21)25(29)30-24-16-19(3)11-12-23(24)26(4,5)20-9-7-6-8-10-20/h6-10,13-14,18-19,21,23-24H,11-12,15-17H2,1-5H3/t19-,21-,23-,24-/m1/s1. The van der Waals surface area contributed by atoms with Gasteiger partial charge in [0.05, 0.1) is 0 Å². The van der Waals surface area contributed by atoms with Gasteiger partial charge in [-0.15, -0.1) is 0 Å². The minimum atomic E-state index is -0.308. The van der Waals surface area contributed by atoms with Crippen molar-refractivity contribution in [1.29, 1.82) is 0 Å². The summed E-state index contributed by atoms with van der Waals surface area (Å²) in [5, 5.41) is 0. The molecule has 0 radical (unpaired) electrons. The van der Waals surface area contributed by atoms with Crippen LogP contribution in [0.4, 0.5) is 4.79 Å². The van der Waals surface area contributed by atoms with E-state index in [2.05, 4.69) is 58.9 Å². The molecule has 0 unspecified atom stereocenters. The van der Waals surface area contributed by atoms with Crippen LogP contribution in [0.2, 0.25) is 0 Å². The second-order valence-corrected chi connectivity index (χ2v) is 10.2. The molecule has 1 saturated carbocycles. The van der Waals surface area contributed by atoms with Crippen LogP contribution in [0.25, 0.3) is 0 Å². The van der Waals surface area contributed by atoms with Gasteiger partial charge in [-0.3, -0.25) is 9.69 Å². The molecule has 1 heterocycles. The van der Waals surface area contributed by atoms with Gasteiger partial charge in [0.2, 0.25) is 0 Å². The predicted molar refractivity (Wildman–Crippen MR) is 120 cm³/mol. The van der Waals surface area contributed by atoms with Crippen molar-refractivity contribution in [3.05, 3.63) is 48.2 Å². The molecule has 1 aliphatic heterocycles. The maximum Gasteiger partial charge on any atom is 0.414 e. The van der Waals surface area contributed by atoms with Crippen molar-refractivity contribution in [2.45, 2.75) is 84.3 Å². The van der Waals surface area contributed by atoms with Crippen LogP contribution in [0.5, 0.6) is 0 Å². The molecule has 1 amide bonds. The van der Waals surface area contributed by atoms with Crippen LogP contribution >= 0.6 is 0 Å². The van der Waals surface area contributed by atoms with Crippen LogP contribution in [0.15, 0.2) is 42.6 Å². The molecule has 2 aliphatic rings. The molecule has 0 saturated heterocycles. The second kappa shape index (κ2) is 9.36. The number of ketones is 1. The summed E-state index contributed by atoms with van der Waals surface area (Å²) in [5.41, 5.74) is 1.20. The van der Waals surface area contributed by atoms with Gasteiger partial charge >= 0.3 is 6.09 Å². The van der Waals surface area contributed by atoms with E-state index in [0.717, 1.165) is 25.7 Å². The molecule has 4 heteroatoms. The smallest absolute Gasteiger partial charge is 0.414 e. The van der Waals surface area contributed by atoms with Gasteiger partial charge in [-0.2, -0.15) is 0 Å². The van der Waals surface area contributed by atoms with Crippen LogP contribution < -0.4 is 0 Å². The van der Waals surface area contributed by atoms with E-state index in [1.54, 1.807) is 11.1 Å². The van der Waals surface area contributed by atoms with Gasteiger partial charge < -0.3 is 4.74 Å². The summed E-state index contributed by atoms with van der Waals surface area (Å²) in [6, 6.07) is 10.4. The number of hydrogen-bond donors (Lipinski definition) is 0. The number of ether oxygens (including phenoxy) is 1. The summed E-state index contributed by atoms with van der Waals surface area (Å²) in [7, 11) is 0. The zero-order valence-corrected chi connectivity index (χ0v) is 19.1. The number of hydrogen-bond acceptors (Lipinski definition) is 3. The van der Waals surface area contributed by atoms with E-state index in [1.807, 2.05) is 6.07 Å². The number of carbonyl (C=O) groups excluding carboxylic acids is 2. The Hall–Kier alpha value is -2.10. The quantitative estimate of drug-likeness (QED) is 0.587. The van der Waals surface area contributed by atoms with Crippen molar-refractivity contribution in [3.63, 3.8) is 0 Å². The Labute approximate surface area is 181 Å². The highest BCUT2D eigenvalue weighted by atomic mass is 16.6. The van der Waals surface area contributed by atoms with Crippen LogP contribution in [0.3, 0.4) is 0 Å². The van der Waals surface area contributed by atoms with E-state index in [-0.39, 0.29) is 35.4 Å². The number of nitrogens with zero attached hydrogens (tertiary/aromatic N) is 1. The lowest BCUT2D eigenvalue weighted by atomic mass is 9.64. The molecule has 164 valence electrons. The predicted octanol–water partition coefficient (Wildman–Crippen LogP) is 6.11. The van der Waals surface area contributed by atoms with Crippen molar-refractivity contribution < 1.29 is 14.3 Å². The molecule has 1 aromatic carbocycles. The lowest BCUT2D eigenvalue weighted by Crippen LogP contribution is -2.47. The van der Waals surface area contributed by atoms with Gasteiger partial charge in [0.25, 0.3) is 0 Å². The third-order valence-corrected chi connectivity index (χ3v) is 6.96. The Bertz CT molecular complexity index is 768. The highest BCUT2D eigenvalue weighted by Gasteiger charge is 2.43. The largest absolute Gasteiger partial charge is 0.446 e. The Morgan fingerprint density at radius 3 is 2.57 bits per heavy atom. The fourth-order valence-electron chi connectivity index (χ4n) is 5.19. The van der Waals surface area contributed by atoms with Gasteiger partial charge in [0.15, 0.2) is 5.78 Å². The Kier molecular flexibility index (Phi) is 7.05. The first-order chi connectivity index (χ1) is 14.2. The average molecular weight is 412 g/mol. The summed E-state index contributed by atoms with van der Waals surface area (Å²) in [6.07, 6.45) is 6.97. The molecule has 3 rings (SSSR count). The lowest BCUT2D eigenvalue weighted by molar-refractivity contribution is -0.116. The van der Waals surface area contributed by atoms with Crippen LogP contribution in [0.1, 0.15) is 72.3 Å². The molecule has 0 N–H and O–H groups in total. The summed E-state index contributed by atoms with van der Waals surface area (Å²) in [5.74, 6) is 1.29. The van der Waals surface area contributed by atoms with Crippen LogP contribution in [-0.4, -0.2) is 28.9 Å². The molecule has 4 nitrogen and oxygen atoms in total. The molecule has 0 aromatic heterocycles. The maximum absolute atomic E-state index is 13.2. The Morgan fingerprint density at radius 2 is 1.90 bits per heavy atom. The third kappa shape index (κ3) is 5.14. The second-order valence-electron chi connectivity index (χ2n) is 10.2. The molecule has 0 bridgehead atoms. The van der Waals surface area contributed by atoms with Crippen LogP contribution in [-0.2, 0) is 14.9 Å². The molecule has 1 aliphatic carbocycles. The average Bonchev–Trinajstić information content (AvgIpc) is 2.68. The first-order valence-corrected chi connectivity index (χ1v) is 11.4. The molecule has 1 fully saturated rings. The SMILES string of the molecule is CC(C)C[C@@H]1CC(=O)C=CN1C(=O)O[C@@H]1C[C@H](C)CC[C@H]1C(C)(C)c1ccccc1. The fraction of sp³-hybridized carbons (Fsp3) is 0.615. The Balaban J connectivity index is 1.80. The molecule has 4 atom stereocenters. The Morgan fingerprint density at radius 1 is 1.20 bits per heavy atom. The summed E-state index contributed by atoms with van der Waals surface area (Å²) >= 11 is 0. The molecular weight excluding hydrogens is 374 g/mol. The third-order valence-electron chi connectivity index (χ3n) is 6.96. The van der Waals surface area contributed by atoms with E-state index in [4.69, 9.17) is 4.74 Å². The van der Waals surface area contributed by atoms with Gasteiger partial charge in [0.1, 0.15) is 6.10 Å². The van der Waals surface area contributed by atoms with Gasteiger partial charge in [-0.25, -0.2) is 4.79 Å². The maximum atomic E-state index is 13.2. The normalized spacial score (nSPS) is 27.4. The number of allylic oxidation sites excluding steroid dienone is 1. The molecule has 0 spiro atoms. The fourth-order valence-corrected chi connectivity index (χ4v) is 5.19. The minimum absolute atomic E-state index is 0.0825. The zero-order chi connectivity index (χ0) is 21.9. The van der Waals surface area contributed by atoms with Gasteiger partial charge in [-0.1, -0.05) is 71.4 Å². The van der Waals surface area contributed by atoms with E-state index >= 15 is 0 Å². The number of rotatable bonds is 5. The topological polar surface area (TPSA) is 46.6 Å². The van der Waals surface area contributed by atoms with E-state index < -0.39 is 0 Å². The highest BCUT2D eigenvalue weighted by molar-refractivity contribution is 5.92. The van der Waals surface area contributed by atoms with Crippen molar-refractivity contribution in [3.8, 4) is 0 Å². The van der Waals surface area contributed by atoms with Crippen LogP contribution in [0, 0.1) is 17.8 Å². The van der Waals surface area contributed by atoms with E-state index in [1.165, 1.54) is 11.6 Å².